The predicted molar refractivity (Wildman–Crippen MR) is 59.6 cm³/mol. The molecule has 1 aliphatic rings. The van der Waals surface area contributed by atoms with Crippen LogP contribution in [-0.4, -0.2) is 29.9 Å². The van der Waals surface area contributed by atoms with Gasteiger partial charge in [0.15, 0.2) is 0 Å². The number of nitrogens with one attached hydrogen (secondary N) is 1. The number of carbonyl (C=O) groups excluding carboxylic acids is 2. The summed E-state index contributed by atoms with van der Waals surface area (Å²) >= 11 is 0. The van der Waals surface area contributed by atoms with Crippen LogP contribution in [-0.2, 0) is 19.1 Å². The Bertz CT molecular complexity index is 429. The first kappa shape index (κ1) is 12.2. The second kappa shape index (κ2) is 5.35. The molecule has 1 saturated heterocycles. The summed E-state index contributed by atoms with van der Waals surface area (Å²) in [7, 11) is 0. The summed E-state index contributed by atoms with van der Waals surface area (Å²) in [5.41, 5.74) is 0.547. The fourth-order valence-corrected chi connectivity index (χ4v) is 1.36. The van der Waals surface area contributed by atoms with Gasteiger partial charge in [0.1, 0.15) is 6.42 Å². The van der Waals surface area contributed by atoms with Gasteiger partial charge >= 0.3 is 18.4 Å². The number of carbonyl (C=O) groups is 2. The summed E-state index contributed by atoms with van der Waals surface area (Å²) < 4.78 is 14.7. The topological polar surface area (TPSA) is 86.8 Å². The lowest BCUT2D eigenvalue weighted by molar-refractivity contribution is -0.197. The second-order valence-corrected chi connectivity index (χ2v) is 3.45. The monoisotopic (exact) mass is 252 g/mol. The SMILES string of the molecule is CCOc1ccc(NC2OC(=O)CC(=O)O2)cn1. The Hall–Kier alpha value is -2.31. The van der Waals surface area contributed by atoms with Crippen molar-refractivity contribution in [3.05, 3.63) is 18.3 Å². The van der Waals surface area contributed by atoms with Crippen LogP contribution in [0.1, 0.15) is 13.3 Å². The van der Waals surface area contributed by atoms with Gasteiger partial charge in [0, 0.05) is 6.07 Å². The van der Waals surface area contributed by atoms with Crippen molar-refractivity contribution in [1.29, 1.82) is 0 Å². The fourth-order valence-electron chi connectivity index (χ4n) is 1.36. The molecule has 1 aliphatic heterocycles. The van der Waals surface area contributed by atoms with Crippen molar-refractivity contribution >= 4 is 17.6 Å². The Morgan fingerprint density at radius 3 is 2.67 bits per heavy atom. The van der Waals surface area contributed by atoms with Gasteiger partial charge in [-0.25, -0.2) is 4.98 Å². The lowest BCUT2D eigenvalue weighted by Gasteiger charge is -2.23. The van der Waals surface area contributed by atoms with Crippen LogP contribution in [0.15, 0.2) is 18.3 Å². The first-order chi connectivity index (χ1) is 8.67. The van der Waals surface area contributed by atoms with Gasteiger partial charge in [0.2, 0.25) is 5.88 Å². The molecule has 0 unspecified atom stereocenters. The summed E-state index contributed by atoms with van der Waals surface area (Å²) in [4.78, 5) is 26.0. The molecule has 0 amide bonds. The second-order valence-electron chi connectivity index (χ2n) is 3.45. The summed E-state index contributed by atoms with van der Waals surface area (Å²) in [6.45, 7) is 2.38. The predicted octanol–water partition coefficient (Wildman–Crippen LogP) is 0.666. The highest BCUT2D eigenvalue weighted by Gasteiger charge is 2.27. The van der Waals surface area contributed by atoms with E-state index in [0.29, 0.717) is 18.2 Å². The van der Waals surface area contributed by atoms with Crippen molar-refractivity contribution in [2.45, 2.75) is 19.8 Å². The first-order valence-electron chi connectivity index (χ1n) is 5.41. The molecule has 0 spiro atoms. The Kier molecular flexibility index (Phi) is 3.61. The lowest BCUT2D eigenvalue weighted by Crippen LogP contribution is -2.37. The van der Waals surface area contributed by atoms with Crippen LogP contribution in [0.25, 0.3) is 0 Å². The van der Waals surface area contributed by atoms with Crippen LogP contribution >= 0.6 is 0 Å². The Balaban J connectivity index is 1.96. The minimum Gasteiger partial charge on any atom is -0.478 e. The van der Waals surface area contributed by atoms with E-state index in [2.05, 4.69) is 10.3 Å². The average Bonchev–Trinajstić information content (AvgIpc) is 2.31. The maximum Gasteiger partial charge on any atom is 0.329 e. The minimum atomic E-state index is -1.11. The van der Waals surface area contributed by atoms with Crippen molar-refractivity contribution in [3.63, 3.8) is 0 Å². The van der Waals surface area contributed by atoms with E-state index in [-0.39, 0.29) is 6.42 Å². The molecule has 0 aliphatic carbocycles. The highest BCUT2D eigenvalue weighted by Crippen LogP contribution is 2.15. The average molecular weight is 252 g/mol. The maximum absolute atomic E-state index is 11.0. The number of anilines is 1. The van der Waals surface area contributed by atoms with E-state index < -0.39 is 18.4 Å². The van der Waals surface area contributed by atoms with Crippen LogP contribution < -0.4 is 10.1 Å². The van der Waals surface area contributed by atoms with E-state index in [1.807, 2.05) is 6.92 Å². The highest BCUT2D eigenvalue weighted by molar-refractivity contribution is 5.92. The third-order valence-corrected chi connectivity index (χ3v) is 2.08. The highest BCUT2D eigenvalue weighted by atomic mass is 16.7. The van der Waals surface area contributed by atoms with Crippen LogP contribution in [0.4, 0.5) is 5.69 Å². The number of rotatable bonds is 4. The molecular formula is C11H12N2O5. The standard InChI is InChI=1S/C11H12N2O5/c1-2-16-8-4-3-7(6-12-8)13-11-17-9(14)5-10(15)18-11/h3-4,6,11,13H,2,5H2,1H3. The molecule has 2 rings (SSSR count). The lowest BCUT2D eigenvalue weighted by atomic mass is 10.4. The van der Waals surface area contributed by atoms with E-state index in [9.17, 15) is 9.59 Å². The van der Waals surface area contributed by atoms with Gasteiger partial charge in [-0.3, -0.25) is 9.59 Å². The number of aromatic nitrogens is 1. The van der Waals surface area contributed by atoms with Crippen molar-refractivity contribution in [2.24, 2.45) is 0 Å². The van der Waals surface area contributed by atoms with Crippen LogP contribution in [0.2, 0.25) is 0 Å². The van der Waals surface area contributed by atoms with Gasteiger partial charge in [-0.15, -0.1) is 0 Å². The van der Waals surface area contributed by atoms with Crippen molar-refractivity contribution in [1.82, 2.24) is 4.98 Å². The van der Waals surface area contributed by atoms with Crippen molar-refractivity contribution in [3.8, 4) is 5.88 Å². The largest absolute Gasteiger partial charge is 0.478 e. The van der Waals surface area contributed by atoms with Gasteiger partial charge < -0.3 is 19.5 Å². The zero-order chi connectivity index (χ0) is 13.0. The number of nitrogens with zero attached hydrogens (tertiary/aromatic N) is 1. The van der Waals surface area contributed by atoms with E-state index in [0.717, 1.165) is 0 Å². The molecule has 1 aromatic rings. The molecule has 0 atom stereocenters. The van der Waals surface area contributed by atoms with Crippen LogP contribution in [0, 0.1) is 0 Å². The van der Waals surface area contributed by atoms with Gasteiger partial charge in [-0.2, -0.15) is 0 Å². The molecule has 0 aromatic carbocycles. The molecule has 1 N–H and O–H groups in total. The third kappa shape index (κ3) is 3.09. The zero-order valence-electron chi connectivity index (χ0n) is 9.71. The first-order valence-corrected chi connectivity index (χ1v) is 5.41. The van der Waals surface area contributed by atoms with E-state index in [1.165, 1.54) is 6.20 Å². The molecule has 7 nitrogen and oxygen atoms in total. The minimum absolute atomic E-state index is 0.361. The molecule has 7 heteroatoms. The maximum atomic E-state index is 11.0. The van der Waals surface area contributed by atoms with Gasteiger partial charge in [0.25, 0.3) is 0 Å². The normalized spacial score (nSPS) is 15.8. The van der Waals surface area contributed by atoms with Gasteiger partial charge in [-0.05, 0) is 13.0 Å². The number of ether oxygens (including phenoxy) is 3. The molecule has 0 saturated carbocycles. The number of cyclic esters (lactones) is 2. The number of hydrogen-bond acceptors (Lipinski definition) is 7. The Morgan fingerprint density at radius 2 is 2.11 bits per heavy atom. The summed E-state index contributed by atoms with van der Waals surface area (Å²) in [5.74, 6) is -0.758. The summed E-state index contributed by atoms with van der Waals surface area (Å²) in [5, 5.41) is 2.71. The quantitative estimate of drug-likeness (QED) is 0.622. The van der Waals surface area contributed by atoms with Gasteiger partial charge in [-0.1, -0.05) is 0 Å². The summed E-state index contributed by atoms with van der Waals surface area (Å²) in [6.07, 6.45) is 0.0135. The van der Waals surface area contributed by atoms with Crippen molar-refractivity contribution < 1.29 is 23.8 Å². The van der Waals surface area contributed by atoms with Gasteiger partial charge in [0.05, 0.1) is 18.5 Å². The number of hydrogen-bond donors (Lipinski definition) is 1. The zero-order valence-corrected chi connectivity index (χ0v) is 9.71. The molecule has 1 fully saturated rings. The molecule has 18 heavy (non-hydrogen) atoms. The van der Waals surface area contributed by atoms with Crippen LogP contribution in [0.3, 0.4) is 0 Å². The van der Waals surface area contributed by atoms with Crippen LogP contribution in [0.5, 0.6) is 5.88 Å². The van der Waals surface area contributed by atoms with E-state index >= 15 is 0 Å². The summed E-state index contributed by atoms with van der Waals surface area (Å²) in [6, 6.07) is 3.33. The number of pyridine rings is 1. The molecule has 1 aromatic heterocycles. The van der Waals surface area contributed by atoms with E-state index in [1.54, 1.807) is 12.1 Å². The number of esters is 2. The molecule has 0 bridgehead atoms. The molecule has 0 radical (unpaired) electrons. The van der Waals surface area contributed by atoms with E-state index in [4.69, 9.17) is 14.2 Å². The Labute approximate surface area is 103 Å². The molecule has 2 heterocycles. The van der Waals surface area contributed by atoms with Crippen molar-refractivity contribution in [2.75, 3.05) is 11.9 Å². The molecular weight excluding hydrogens is 240 g/mol. The fraction of sp³-hybridized carbons (Fsp3) is 0.364. The Morgan fingerprint density at radius 1 is 1.39 bits per heavy atom. The smallest absolute Gasteiger partial charge is 0.329 e. The molecule has 96 valence electrons. The third-order valence-electron chi connectivity index (χ3n) is 2.08.